The molecule has 4 heteroatoms. The van der Waals surface area contributed by atoms with Crippen molar-refractivity contribution in [2.75, 3.05) is 13.2 Å². The zero-order valence-electron chi connectivity index (χ0n) is 12.1. The molecule has 3 atom stereocenters. The first-order chi connectivity index (χ1) is 9.65. The van der Waals surface area contributed by atoms with E-state index in [2.05, 4.69) is 4.90 Å². The molecule has 0 spiro atoms. The molecule has 1 heterocycles. The first kappa shape index (κ1) is 15.4. The summed E-state index contributed by atoms with van der Waals surface area (Å²) in [5.41, 5.74) is 6.84. The molecular formula is C16H25FN2O. The Hall–Kier alpha value is -0.970. The number of rotatable bonds is 6. The van der Waals surface area contributed by atoms with Gasteiger partial charge in [0.25, 0.3) is 0 Å². The summed E-state index contributed by atoms with van der Waals surface area (Å²) in [4.78, 5) is 2.33. The summed E-state index contributed by atoms with van der Waals surface area (Å²) in [6.07, 6.45) is 3.98. The molecule has 1 aromatic carbocycles. The van der Waals surface area contributed by atoms with Gasteiger partial charge in [-0.1, -0.05) is 18.2 Å². The van der Waals surface area contributed by atoms with E-state index in [1.807, 2.05) is 19.1 Å². The van der Waals surface area contributed by atoms with Crippen molar-refractivity contribution in [1.82, 2.24) is 4.90 Å². The number of likely N-dealkylation sites (tertiary alicyclic amines) is 1. The zero-order valence-corrected chi connectivity index (χ0v) is 12.1. The van der Waals surface area contributed by atoms with Gasteiger partial charge in [0, 0.05) is 24.3 Å². The molecule has 2 rings (SSSR count). The van der Waals surface area contributed by atoms with Crippen LogP contribution < -0.4 is 5.73 Å². The molecule has 112 valence electrons. The molecule has 1 fully saturated rings. The lowest BCUT2D eigenvalue weighted by atomic mass is 9.97. The van der Waals surface area contributed by atoms with Crippen LogP contribution in [0.25, 0.3) is 0 Å². The molecule has 3 unspecified atom stereocenters. The molecule has 1 aliphatic rings. The molecule has 0 aromatic heterocycles. The van der Waals surface area contributed by atoms with Gasteiger partial charge in [0.2, 0.25) is 0 Å². The highest BCUT2D eigenvalue weighted by atomic mass is 19.1. The predicted molar refractivity (Wildman–Crippen MR) is 78.8 cm³/mol. The van der Waals surface area contributed by atoms with Crippen LogP contribution in [0.4, 0.5) is 4.39 Å². The average molecular weight is 280 g/mol. The van der Waals surface area contributed by atoms with Gasteiger partial charge in [-0.05, 0) is 45.2 Å². The summed E-state index contributed by atoms with van der Waals surface area (Å²) in [5, 5.41) is 9.02. The minimum absolute atomic E-state index is 0.0811. The predicted octanol–water partition coefficient (Wildman–Crippen LogP) is 2.45. The van der Waals surface area contributed by atoms with Crippen LogP contribution in [-0.4, -0.2) is 35.2 Å². The Balaban J connectivity index is 2.22. The van der Waals surface area contributed by atoms with E-state index in [0.29, 0.717) is 11.6 Å². The number of nitrogens with two attached hydrogens (primary N) is 1. The van der Waals surface area contributed by atoms with E-state index in [1.165, 1.54) is 6.07 Å². The van der Waals surface area contributed by atoms with Crippen LogP contribution in [0.1, 0.15) is 44.2 Å². The van der Waals surface area contributed by atoms with Gasteiger partial charge in [0.05, 0.1) is 6.04 Å². The number of halogens is 1. The number of nitrogens with zero attached hydrogens (tertiary/aromatic N) is 1. The average Bonchev–Trinajstić information content (AvgIpc) is 2.87. The van der Waals surface area contributed by atoms with Crippen molar-refractivity contribution in [3.05, 3.63) is 35.6 Å². The van der Waals surface area contributed by atoms with Crippen LogP contribution in [0.3, 0.4) is 0 Å². The molecule has 1 aromatic rings. The molecule has 3 nitrogen and oxygen atoms in total. The van der Waals surface area contributed by atoms with Gasteiger partial charge in [-0.3, -0.25) is 4.90 Å². The Bertz CT molecular complexity index is 425. The van der Waals surface area contributed by atoms with Crippen molar-refractivity contribution in [3.63, 3.8) is 0 Å². The highest BCUT2D eigenvalue weighted by molar-refractivity contribution is 5.23. The van der Waals surface area contributed by atoms with Crippen molar-refractivity contribution in [1.29, 1.82) is 0 Å². The molecule has 0 saturated carbocycles. The van der Waals surface area contributed by atoms with Gasteiger partial charge in [0.15, 0.2) is 0 Å². The van der Waals surface area contributed by atoms with Crippen molar-refractivity contribution >= 4 is 0 Å². The Morgan fingerprint density at radius 2 is 2.20 bits per heavy atom. The van der Waals surface area contributed by atoms with Crippen LogP contribution in [0, 0.1) is 5.82 Å². The van der Waals surface area contributed by atoms with E-state index in [0.717, 1.165) is 32.2 Å². The number of hydrogen-bond acceptors (Lipinski definition) is 3. The van der Waals surface area contributed by atoms with Gasteiger partial charge in [0.1, 0.15) is 5.82 Å². The second-order valence-corrected chi connectivity index (χ2v) is 5.73. The van der Waals surface area contributed by atoms with Crippen molar-refractivity contribution in [2.45, 2.75) is 50.7 Å². The Morgan fingerprint density at radius 3 is 2.85 bits per heavy atom. The summed E-state index contributed by atoms with van der Waals surface area (Å²) in [6.45, 7) is 3.11. The highest BCUT2D eigenvalue weighted by Gasteiger charge is 2.34. The molecule has 1 saturated heterocycles. The summed E-state index contributed by atoms with van der Waals surface area (Å²) in [7, 11) is 0. The largest absolute Gasteiger partial charge is 0.396 e. The van der Waals surface area contributed by atoms with E-state index < -0.39 is 0 Å². The fourth-order valence-corrected chi connectivity index (χ4v) is 3.34. The minimum Gasteiger partial charge on any atom is -0.396 e. The van der Waals surface area contributed by atoms with Crippen LogP contribution in [0.15, 0.2) is 24.3 Å². The molecular weight excluding hydrogens is 255 g/mol. The molecule has 0 aliphatic carbocycles. The first-order valence-corrected chi connectivity index (χ1v) is 7.51. The van der Waals surface area contributed by atoms with Gasteiger partial charge in [-0.15, -0.1) is 0 Å². The maximum Gasteiger partial charge on any atom is 0.128 e. The molecule has 20 heavy (non-hydrogen) atoms. The Morgan fingerprint density at radius 1 is 1.45 bits per heavy atom. The molecule has 3 N–H and O–H groups in total. The van der Waals surface area contributed by atoms with E-state index in [9.17, 15) is 4.39 Å². The lowest BCUT2D eigenvalue weighted by Crippen LogP contribution is -2.42. The quantitative estimate of drug-likeness (QED) is 0.841. The summed E-state index contributed by atoms with van der Waals surface area (Å²) < 4.78 is 14.1. The van der Waals surface area contributed by atoms with Crippen LogP contribution in [0.5, 0.6) is 0 Å². The fourth-order valence-electron chi connectivity index (χ4n) is 3.34. The second kappa shape index (κ2) is 7.16. The number of aliphatic hydroxyl groups excluding tert-OH is 1. The van der Waals surface area contributed by atoms with E-state index >= 15 is 0 Å². The van der Waals surface area contributed by atoms with Crippen LogP contribution in [-0.2, 0) is 0 Å². The van der Waals surface area contributed by atoms with E-state index in [4.69, 9.17) is 10.8 Å². The second-order valence-electron chi connectivity index (χ2n) is 5.73. The monoisotopic (exact) mass is 280 g/mol. The maximum absolute atomic E-state index is 14.1. The van der Waals surface area contributed by atoms with Crippen molar-refractivity contribution < 1.29 is 9.50 Å². The van der Waals surface area contributed by atoms with Crippen molar-refractivity contribution in [3.8, 4) is 0 Å². The standard InChI is InChI=1S/C16H25FN2O/c1-12(18)16(14-8-2-3-9-15(14)17)19-10-4-6-13(19)7-5-11-20/h2-3,8-9,12-13,16,20H,4-7,10-11,18H2,1H3. The summed E-state index contributed by atoms with van der Waals surface area (Å²) in [6, 6.07) is 7.12. The lowest BCUT2D eigenvalue weighted by Gasteiger charge is -2.36. The van der Waals surface area contributed by atoms with Crippen LogP contribution in [0.2, 0.25) is 0 Å². The molecule has 0 amide bonds. The third kappa shape index (κ3) is 3.37. The molecule has 1 aliphatic heterocycles. The Kier molecular flexibility index (Phi) is 5.52. The highest BCUT2D eigenvalue weighted by Crippen LogP contribution is 2.34. The Labute approximate surface area is 120 Å². The third-order valence-corrected chi connectivity index (χ3v) is 4.20. The molecule has 0 radical (unpaired) electrons. The number of hydrogen-bond donors (Lipinski definition) is 2. The maximum atomic E-state index is 14.1. The van der Waals surface area contributed by atoms with Gasteiger partial charge in [-0.2, -0.15) is 0 Å². The van der Waals surface area contributed by atoms with E-state index in [1.54, 1.807) is 6.07 Å². The first-order valence-electron chi connectivity index (χ1n) is 7.51. The number of benzene rings is 1. The fraction of sp³-hybridized carbons (Fsp3) is 0.625. The van der Waals surface area contributed by atoms with Gasteiger partial charge < -0.3 is 10.8 Å². The van der Waals surface area contributed by atoms with Crippen LogP contribution >= 0.6 is 0 Å². The molecule has 0 bridgehead atoms. The smallest absolute Gasteiger partial charge is 0.128 e. The topological polar surface area (TPSA) is 49.5 Å². The third-order valence-electron chi connectivity index (χ3n) is 4.20. The van der Waals surface area contributed by atoms with Gasteiger partial charge >= 0.3 is 0 Å². The van der Waals surface area contributed by atoms with E-state index in [-0.39, 0.29) is 24.5 Å². The lowest BCUT2D eigenvalue weighted by molar-refractivity contribution is 0.143. The normalized spacial score (nSPS) is 22.9. The van der Waals surface area contributed by atoms with Crippen molar-refractivity contribution in [2.24, 2.45) is 5.73 Å². The SMILES string of the molecule is CC(N)C(c1ccccc1F)N1CCCC1CCCO. The summed E-state index contributed by atoms with van der Waals surface area (Å²) in [5.74, 6) is -0.178. The summed E-state index contributed by atoms with van der Waals surface area (Å²) >= 11 is 0. The number of aliphatic hydroxyl groups is 1. The minimum atomic E-state index is -0.178. The zero-order chi connectivity index (χ0) is 14.5. The van der Waals surface area contributed by atoms with Gasteiger partial charge in [-0.25, -0.2) is 4.39 Å².